The van der Waals surface area contributed by atoms with Gasteiger partial charge in [0.05, 0.1) is 39.6 Å². The Morgan fingerprint density at radius 3 is 0.506 bits per heavy atom. The fourth-order valence-corrected chi connectivity index (χ4v) is 12.2. The fourth-order valence-electron chi connectivity index (χ4n) is 12.2. The van der Waals surface area contributed by atoms with Crippen LogP contribution in [0.3, 0.4) is 0 Å². The van der Waals surface area contributed by atoms with Crippen molar-refractivity contribution in [2.75, 3.05) is 59.5 Å². The Kier molecular flexibility index (Phi) is 71.9. The summed E-state index contributed by atoms with van der Waals surface area (Å²) in [6.45, 7) is 11.6. The van der Waals surface area contributed by atoms with Crippen molar-refractivity contribution in [3.8, 4) is 0 Å². The molecule has 0 aliphatic heterocycles. The molecule has 0 saturated heterocycles. The molecule has 518 valence electrons. The van der Waals surface area contributed by atoms with E-state index in [1.807, 2.05) is 0 Å². The molecule has 9 nitrogen and oxygen atoms in total. The summed E-state index contributed by atoms with van der Waals surface area (Å²) < 4.78 is 35.0. The lowest BCUT2D eigenvalue weighted by molar-refractivity contribution is -0.147. The van der Waals surface area contributed by atoms with Crippen LogP contribution in [-0.4, -0.2) is 77.4 Å². The zero-order chi connectivity index (χ0) is 63.0. The largest absolute Gasteiger partial charge is 0.463 e. The molecule has 0 aromatic carbocycles. The van der Waals surface area contributed by atoms with Crippen LogP contribution in [0.4, 0.5) is 0 Å². The summed E-state index contributed by atoms with van der Waals surface area (Å²) in [4.78, 5) is 37.7. The monoisotopic (exact) mass is 1230 g/mol. The highest BCUT2D eigenvalue weighted by atomic mass is 16.6. The highest BCUT2D eigenvalue weighted by Gasteiger charge is 2.30. The Morgan fingerprint density at radius 2 is 0.356 bits per heavy atom. The average molecular weight is 1230 g/mol. The zero-order valence-corrected chi connectivity index (χ0v) is 59.2. The molecular weight excluding hydrogens is 1080 g/mol. The predicted octanol–water partition coefficient (Wildman–Crippen LogP) is 24.5. The summed E-state index contributed by atoms with van der Waals surface area (Å²) in [5.74, 6) is -0.475. The molecule has 9 heteroatoms. The Labute approximate surface area is 542 Å². The van der Waals surface area contributed by atoms with Gasteiger partial charge in [0.2, 0.25) is 0 Å². The smallest absolute Gasteiger partial charge is 0.305 e. The van der Waals surface area contributed by atoms with E-state index in [9.17, 15) is 14.4 Å². The van der Waals surface area contributed by atoms with Crippen LogP contribution in [-0.2, 0) is 42.8 Å². The van der Waals surface area contributed by atoms with Gasteiger partial charge < -0.3 is 28.4 Å². The van der Waals surface area contributed by atoms with E-state index in [0.717, 1.165) is 44.9 Å². The molecule has 0 amide bonds. The van der Waals surface area contributed by atoms with E-state index in [2.05, 4.69) is 27.7 Å². The van der Waals surface area contributed by atoms with Crippen molar-refractivity contribution in [2.24, 2.45) is 5.41 Å². The Balaban J connectivity index is 4.40. The van der Waals surface area contributed by atoms with Gasteiger partial charge in [-0.15, -0.1) is 0 Å². The standard InChI is InChI=1S/C78H152O9/c1-5-9-12-15-18-21-24-27-30-33-36-39-42-45-48-51-54-57-60-63-75(79)85-69-66-82-72-78(8-4,73-83-67-70-86-76(80)64-61-58-55-52-49-46-43-40-37-34-31-28-25-22-19-16-13-10-6-2)74-84-68-71-87-77(81)65-62-59-56-53-50-47-44-41-38-35-32-29-26-23-20-17-14-11-7-3/h5-74H2,1-4H3. The van der Waals surface area contributed by atoms with Crippen molar-refractivity contribution in [1.82, 2.24) is 0 Å². The first kappa shape index (κ1) is 85.3. The second kappa shape index (κ2) is 73.3. The molecule has 0 N–H and O–H groups in total. The maximum Gasteiger partial charge on any atom is 0.305 e. The van der Waals surface area contributed by atoms with Gasteiger partial charge in [0.15, 0.2) is 0 Å². The second-order valence-corrected chi connectivity index (χ2v) is 27.0. The molecule has 0 aliphatic rings. The van der Waals surface area contributed by atoms with Gasteiger partial charge >= 0.3 is 17.9 Å². The third kappa shape index (κ3) is 68.5. The van der Waals surface area contributed by atoms with Crippen molar-refractivity contribution >= 4 is 17.9 Å². The molecule has 0 bridgehead atoms. The molecule has 0 fully saturated rings. The first-order valence-electron chi connectivity index (χ1n) is 39.1. The van der Waals surface area contributed by atoms with Crippen molar-refractivity contribution in [3.05, 3.63) is 0 Å². The minimum absolute atomic E-state index is 0.158. The molecular formula is C78H152O9. The molecule has 0 heterocycles. The quantitative estimate of drug-likeness (QED) is 0.0334. The van der Waals surface area contributed by atoms with Gasteiger partial charge in [-0.2, -0.15) is 0 Å². The number of rotatable bonds is 76. The highest BCUT2D eigenvalue weighted by molar-refractivity contribution is 5.69. The molecule has 0 aliphatic carbocycles. The molecule has 0 atom stereocenters. The van der Waals surface area contributed by atoms with Crippen LogP contribution in [0, 0.1) is 5.41 Å². The number of carbonyl (C=O) groups excluding carboxylic acids is 3. The molecule has 0 rings (SSSR count). The molecule has 0 spiro atoms. The number of unbranched alkanes of at least 4 members (excludes halogenated alkanes) is 54. The molecule has 0 aromatic heterocycles. The van der Waals surface area contributed by atoms with E-state index in [-0.39, 0.29) is 37.7 Å². The minimum Gasteiger partial charge on any atom is -0.463 e. The van der Waals surface area contributed by atoms with Crippen LogP contribution in [0.25, 0.3) is 0 Å². The lowest BCUT2D eigenvalue weighted by Crippen LogP contribution is -2.38. The maximum absolute atomic E-state index is 12.6. The number of hydrogen-bond donors (Lipinski definition) is 0. The first-order chi connectivity index (χ1) is 42.9. The number of ether oxygens (including phenoxy) is 6. The van der Waals surface area contributed by atoms with Gasteiger partial charge in [-0.1, -0.05) is 374 Å². The van der Waals surface area contributed by atoms with Crippen molar-refractivity contribution < 1.29 is 42.8 Å². The topological polar surface area (TPSA) is 107 Å². The number of carbonyl (C=O) groups is 3. The third-order valence-corrected chi connectivity index (χ3v) is 18.4. The molecule has 0 unspecified atom stereocenters. The molecule has 0 aromatic rings. The lowest BCUT2D eigenvalue weighted by Gasteiger charge is -2.32. The molecule has 0 radical (unpaired) electrons. The van der Waals surface area contributed by atoms with Crippen LogP contribution in [0.5, 0.6) is 0 Å². The normalized spacial score (nSPS) is 11.7. The van der Waals surface area contributed by atoms with Crippen LogP contribution in [0.15, 0.2) is 0 Å². The van der Waals surface area contributed by atoms with Gasteiger partial charge in [-0.05, 0) is 25.7 Å². The zero-order valence-electron chi connectivity index (χ0n) is 59.2. The second-order valence-electron chi connectivity index (χ2n) is 27.0. The molecule has 0 saturated carbocycles. The summed E-state index contributed by atoms with van der Waals surface area (Å²) >= 11 is 0. The predicted molar refractivity (Wildman–Crippen MR) is 372 cm³/mol. The van der Waals surface area contributed by atoms with E-state index in [4.69, 9.17) is 28.4 Å². The van der Waals surface area contributed by atoms with Crippen LogP contribution >= 0.6 is 0 Å². The fraction of sp³-hybridized carbons (Fsp3) is 0.962. The maximum atomic E-state index is 12.6. The van der Waals surface area contributed by atoms with Gasteiger partial charge in [0.1, 0.15) is 19.8 Å². The van der Waals surface area contributed by atoms with Crippen molar-refractivity contribution in [1.29, 1.82) is 0 Å². The van der Waals surface area contributed by atoms with Gasteiger partial charge in [0.25, 0.3) is 0 Å². The Morgan fingerprint density at radius 1 is 0.207 bits per heavy atom. The van der Waals surface area contributed by atoms with Gasteiger partial charge in [-0.3, -0.25) is 14.4 Å². The number of hydrogen-bond acceptors (Lipinski definition) is 9. The number of esters is 3. The minimum atomic E-state index is -0.468. The summed E-state index contributed by atoms with van der Waals surface area (Å²) in [6, 6.07) is 0. The Bertz CT molecular complexity index is 1200. The van der Waals surface area contributed by atoms with Crippen LogP contribution < -0.4 is 0 Å². The summed E-state index contributed by atoms with van der Waals surface area (Å²) in [5.41, 5.74) is -0.468. The van der Waals surface area contributed by atoms with E-state index >= 15 is 0 Å². The van der Waals surface area contributed by atoms with Crippen LogP contribution in [0.1, 0.15) is 419 Å². The van der Waals surface area contributed by atoms with Crippen LogP contribution in [0.2, 0.25) is 0 Å². The first-order valence-corrected chi connectivity index (χ1v) is 39.1. The van der Waals surface area contributed by atoms with E-state index in [1.54, 1.807) is 0 Å². The average Bonchev–Trinajstić information content (AvgIpc) is 3.67. The van der Waals surface area contributed by atoms with Gasteiger partial charge in [0, 0.05) is 24.7 Å². The SMILES string of the molecule is CCCCCCCCCCCCCCCCCCCCCC(=O)OCCOCC(CC)(COCCOC(=O)CCCCCCCCCCCCCCCCCCCCC)COCCOC(=O)CCCCCCCCCCCCCCCCCCCCC. The van der Waals surface area contributed by atoms with E-state index < -0.39 is 5.41 Å². The lowest BCUT2D eigenvalue weighted by atomic mass is 9.88. The summed E-state index contributed by atoms with van der Waals surface area (Å²) in [5, 5.41) is 0. The molecule has 87 heavy (non-hydrogen) atoms. The third-order valence-electron chi connectivity index (χ3n) is 18.4. The van der Waals surface area contributed by atoms with Gasteiger partial charge in [-0.25, -0.2) is 0 Å². The van der Waals surface area contributed by atoms with Crippen molar-refractivity contribution in [3.63, 3.8) is 0 Å². The van der Waals surface area contributed by atoms with E-state index in [0.29, 0.717) is 58.9 Å². The highest BCUT2D eigenvalue weighted by Crippen LogP contribution is 2.25. The summed E-state index contributed by atoms with van der Waals surface area (Å²) in [7, 11) is 0. The Hall–Kier alpha value is -1.71. The van der Waals surface area contributed by atoms with Crippen molar-refractivity contribution in [2.45, 2.75) is 419 Å². The van der Waals surface area contributed by atoms with E-state index in [1.165, 1.54) is 327 Å². The summed E-state index contributed by atoms with van der Waals surface area (Å²) in [6.07, 6.45) is 77.9.